The van der Waals surface area contributed by atoms with Crippen molar-refractivity contribution < 1.29 is 9.59 Å². The third-order valence-corrected chi connectivity index (χ3v) is 4.27. The Bertz CT molecular complexity index is 953. The molecule has 0 atom stereocenters. The number of hydrogen-bond donors (Lipinski definition) is 2. The Balaban J connectivity index is 1.67. The van der Waals surface area contributed by atoms with E-state index in [-0.39, 0.29) is 11.8 Å². The Morgan fingerprint density at radius 2 is 1.46 bits per heavy atom. The number of amides is 2. The van der Waals surface area contributed by atoms with Gasteiger partial charge in [-0.25, -0.2) is 0 Å². The van der Waals surface area contributed by atoms with Crippen molar-refractivity contribution >= 4 is 28.9 Å². The van der Waals surface area contributed by atoms with Gasteiger partial charge in [0.15, 0.2) is 0 Å². The number of carbonyl (C=O) groups is 2. The van der Waals surface area contributed by atoms with Gasteiger partial charge in [0.05, 0.1) is 0 Å². The van der Waals surface area contributed by atoms with Crippen LogP contribution >= 0.6 is 0 Å². The molecule has 0 aliphatic rings. The normalized spacial score (nSPS) is 10.2. The molecule has 28 heavy (non-hydrogen) atoms. The topological polar surface area (TPSA) is 61.4 Å². The number of benzene rings is 3. The van der Waals surface area contributed by atoms with Gasteiger partial charge in [-0.2, -0.15) is 0 Å². The van der Waals surface area contributed by atoms with Crippen LogP contribution in [-0.2, 0) is 11.3 Å². The van der Waals surface area contributed by atoms with Crippen molar-refractivity contribution in [1.82, 2.24) is 0 Å². The van der Waals surface area contributed by atoms with Crippen molar-refractivity contribution in [3.8, 4) is 0 Å². The predicted octanol–water partition coefficient (Wildman–Crippen LogP) is 4.53. The highest BCUT2D eigenvalue weighted by molar-refractivity contribution is 6.05. The lowest BCUT2D eigenvalue weighted by atomic mass is 10.1. The second-order valence-electron chi connectivity index (χ2n) is 6.60. The largest absolute Gasteiger partial charge is 0.370 e. The molecule has 0 saturated carbocycles. The van der Waals surface area contributed by atoms with E-state index in [1.807, 2.05) is 43.4 Å². The summed E-state index contributed by atoms with van der Waals surface area (Å²) in [6.07, 6.45) is 0. The van der Waals surface area contributed by atoms with Gasteiger partial charge >= 0.3 is 0 Å². The zero-order valence-electron chi connectivity index (χ0n) is 16.0. The minimum atomic E-state index is -0.178. The van der Waals surface area contributed by atoms with Crippen LogP contribution in [0.4, 0.5) is 17.1 Å². The fourth-order valence-corrected chi connectivity index (χ4v) is 2.88. The number of hydrogen-bond acceptors (Lipinski definition) is 3. The number of rotatable bonds is 6. The van der Waals surface area contributed by atoms with E-state index in [2.05, 4.69) is 27.7 Å². The first-order valence-electron chi connectivity index (χ1n) is 9.05. The van der Waals surface area contributed by atoms with Crippen LogP contribution < -0.4 is 15.5 Å². The summed E-state index contributed by atoms with van der Waals surface area (Å²) < 4.78 is 0. The summed E-state index contributed by atoms with van der Waals surface area (Å²) in [5, 5.41) is 5.58. The van der Waals surface area contributed by atoms with Crippen LogP contribution in [-0.4, -0.2) is 18.9 Å². The van der Waals surface area contributed by atoms with Crippen molar-refractivity contribution in [2.45, 2.75) is 13.5 Å². The molecule has 3 aromatic carbocycles. The summed E-state index contributed by atoms with van der Waals surface area (Å²) in [6.45, 7) is 2.22. The SMILES string of the molecule is CC(=O)Nc1ccc(NC(=O)c2cccc(N(C)Cc3ccccc3)c2)cc1. The van der Waals surface area contributed by atoms with Crippen LogP contribution in [0.1, 0.15) is 22.8 Å². The fourth-order valence-electron chi connectivity index (χ4n) is 2.88. The lowest BCUT2D eigenvalue weighted by Crippen LogP contribution is -2.18. The standard InChI is InChI=1S/C23H23N3O2/c1-17(27)24-20-11-13-21(14-12-20)25-23(28)19-9-6-10-22(15-19)26(2)16-18-7-4-3-5-8-18/h3-15H,16H2,1-2H3,(H,24,27)(H,25,28). The van der Waals surface area contributed by atoms with Crippen LogP contribution in [0.15, 0.2) is 78.9 Å². The highest BCUT2D eigenvalue weighted by Gasteiger charge is 2.09. The summed E-state index contributed by atoms with van der Waals surface area (Å²) in [5.74, 6) is -0.310. The van der Waals surface area contributed by atoms with Crippen LogP contribution in [0.25, 0.3) is 0 Å². The van der Waals surface area contributed by atoms with Gasteiger partial charge in [0, 0.05) is 43.1 Å². The number of nitrogens with one attached hydrogen (secondary N) is 2. The van der Waals surface area contributed by atoms with Crippen LogP contribution in [0.3, 0.4) is 0 Å². The van der Waals surface area contributed by atoms with E-state index in [0.717, 1.165) is 12.2 Å². The molecule has 3 rings (SSSR count). The Kier molecular flexibility index (Phi) is 6.07. The van der Waals surface area contributed by atoms with E-state index in [9.17, 15) is 9.59 Å². The minimum Gasteiger partial charge on any atom is -0.370 e. The van der Waals surface area contributed by atoms with Gasteiger partial charge in [-0.05, 0) is 48.0 Å². The van der Waals surface area contributed by atoms with Crippen LogP contribution in [0.2, 0.25) is 0 Å². The smallest absolute Gasteiger partial charge is 0.255 e. The molecule has 0 aliphatic carbocycles. The molecule has 0 unspecified atom stereocenters. The monoisotopic (exact) mass is 373 g/mol. The molecule has 0 radical (unpaired) electrons. The first-order valence-corrected chi connectivity index (χ1v) is 9.05. The van der Waals surface area contributed by atoms with E-state index < -0.39 is 0 Å². The van der Waals surface area contributed by atoms with Gasteiger partial charge in [-0.1, -0.05) is 36.4 Å². The summed E-state index contributed by atoms with van der Waals surface area (Å²) in [4.78, 5) is 25.8. The van der Waals surface area contributed by atoms with Crippen molar-refractivity contribution in [3.05, 3.63) is 90.0 Å². The molecule has 142 valence electrons. The number of nitrogens with zero attached hydrogens (tertiary/aromatic N) is 1. The molecule has 0 bridgehead atoms. The Morgan fingerprint density at radius 3 is 2.11 bits per heavy atom. The maximum atomic E-state index is 12.6. The Labute approximate surface area is 165 Å². The maximum absolute atomic E-state index is 12.6. The first kappa shape index (κ1) is 19.2. The van der Waals surface area contributed by atoms with E-state index in [1.54, 1.807) is 30.3 Å². The van der Waals surface area contributed by atoms with Gasteiger partial charge in [0.2, 0.25) is 5.91 Å². The molecule has 5 nitrogen and oxygen atoms in total. The average molecular weight is 373 g/mol. The highest BCUT2D eigenvalue weighted by Crippen LogP contribution is 2.19. The first-order chi connectivity index (χ1) is 13.5. The molecular weight excluding hydrogens is 350 g/mol. The van der Waals surface area contributed by atoms with Gasteiger partial charge in [-0.3, -0.25) is 9.59 Å². The third-order valence-electron chi connectivity index (χ3n) is 4.27. The van der Waals surface area contributed by atoms with Crippen molar-refractivity contribution in [1.29, 1.82) is 0 Å². The lowest BCUT2D eigenvalue weighted by Gasteiger charge is -2.20. The molecule has 0 saturated heterocycles. The zero-order valence-corrected chi connectivity index (χ0v) is 16.0. The molecule has 2 N–H and O–H groups in total. The molecule has 5 heteroatoms. The predicted molar refractivity (Wildman–Crippen MR) is 114 cm³/mol. The van der Waals surface area contributed by atoms with E-state index in [1.165, 1.54) is 12.5 Å². The van der Waals surface area contributed by atoms with Gasteiger partial charge in [0.1, 0.15) is 0 Å². The summed E-state index contributed by atoms with van der Waals surface area (Å²) in [7, 11) is 2.00. The van der Waals surface area contributed by atoms with Crippen LogP contribution in [0.5, 0.6) is 0 Å². The average Bonchev–Trinajstić information content (AvgIpc) is 2.70. The molecule has 2 amide bonds. The molecule has 3 aromatic rings. The highest BCUT2D eigenvalue weighted by atomic mass is 16.2. The van der Waals surface area contributed by atoms with E-state index >= 15 is 0 Å². The molecule has 0 spiro atoms. The molecule has 0 aromatic heterocycles. The fraction of sp³-hybridized carbons (Fsp3) is 0.130. The van der Waals surface area contributed by atoms with E-state index in [0.29, 0.717) is 16.9 Å². The van der Waals surface area contributed by atoms with Crippen molar-refractivity contribution in [3.63, 3.8) is 0 Å². The number of anilines is 3. The van der Waals surface area contributed by atoms with Gasteiger partial charge < -0.3 is 15.5 Å². The summed E-state index contributed by atoms with van der Waals surface area (Å²) >= 11 is 0. The van der Waals surface area contributed by atoms with Crippen molar-refractivity contribution in [2.24, 2.45) is 0 Å². The Hall–Kier alpha value is -3.60. The van der Waals surface area contributed by atoms with E-state index in [4.69, 9.17) is 0 Å². The molecule has 0 aliphatic heterocycles. The molecule has 0 fully saturated rings. The second kappa shape index (κ2) is 8.86. The third kappa shape index (κ3) is 5.20. The maximum Gasteiger partial charge on any atom is 0.255 e. The molecule has 0 heterocycles. The summed E-state index contributed by atoms with van der Waals surface area (Å²) in [6, 6.07) is 24.8. The second-order valence-corrected chi connectivity index (χ2v) is 6.60. The zero-order chi connectivity index (χ0) is 19.9. The summed E-state index contributed by atoms with van der Waals surface area (Å²) in [5.41, 5.74) is 4.12. The Morgan fingerprint density at radius 1 is 0.821 bits per heavy atom. The molecular formula is C23H23N3O2. The minimum absolute atomic E-state index is 0.131. The van der Waals surface area contributed by atoms with Gasteiger partial charge in [-0.15, -0.1) is 0 Å². The lowest BCUT2D eigenvalue weighted by molar-refractivity contribution is -0.114. The number of carbonyl (C=O) groups excluding carboxylic acids is 2. The van der Waals surface area contributed by atoms with Crippen LogP contribution in [0, 0.1) is 0 Å². The van der Waals surface area contributed by atoms with Crippen molar-refractivity contribution in [2.75, 3.05) is 22.6 Å². The van der Waals surface area contributed by atoms with Gasteiger partial charge in [0.25, 0.3) is 5.91 Å². The quantitative estimate of drug-likeness (QED) is 0.667.